The van der Waals surface area contributed by atoms with Gasteiger partial charge in [-0.2, -0.15) is 0 Å². The van der Waals surface area contributed by atoms with Crippen LogP contribution >= 0.6 is 22.6 Å². The molecular weight excluding hydrogens is 431 g/mol. The molecule has 5 nitrogen and oxygen atoms in total. The summed E-state index contributed by atoms with van der Waals surface area (Å²) in [6, 6.07) is 14.3. The Hall–Kier alpha value is -2.35. The highest BCUT2D eigenvalue weighted by molar-refractivity contribution is 14.1. The van der Waals surface area contributed by atoms with E-state index in [2.05, 4.69) is 32.9 Å². The number of methoxy groups -OCH3 is 1. The maximum absolute atomic E-state index is 12.6. The molecule has 0 saturated carbocycles. The number of aromatic amines is 1. The van der Waals surface area contributed by atoms with E-state index in [-0.39, 0.29) is 5.91 Å². The summed E-state index contributed by atoms with van der Waals surface area (Å²) in [6.45, 7) is 0. The smallest absolute Gasteiger partial charge is 0.328 e. The lowest BCUT2D eigenvalue weighted by Gasteiger charge is -2.17. The number of carbonyl (C=O) groups excluding carboxylic acids is 2. The fourth-order valence-electron chi connectivity index (χ4n) is 2.74. The van der Waals surface area contributed by atoms with Crippen molar-refractivity contribution in [2.45, 2.75) is 12.5 Å². The number of carbonyl (C=O) groups is 2. The monoisotopic (exact) mass is 448 g/mol. The van der Waals surface area contributed by atoms with Crippen LogP contribution in [0, 0.1) is 3.57 Å². The van der Waals surface area contributed by atoms with E-state index in [4.69, 9.17) is 4.74 Å². The minimum absolute atomic E-state index is 0.291. The van der Waals surface area contributed by atoms with Crippen LogP contribution in [0.5, 0.6) is 0 Å². The molecule has 0 bridgehead atoms. The zero-order valence-electron chi connectivity index (χ0n) is 13.6. The molecule has 0 radical (unpaired) electrons. The fraction of sp³-hybridized carbons (Fsp3) is 0.158. The number of ether oxygens (including phenoxy) is 1. The van der Waals surface area contributed by atoms with Crippen molar-refractivity contribution in [3.05, 3.63) is 69.4 Å². The number of rotatable bonds is 5. The van der Waals surface area contributed by atoms with Crippen LogP contribution in [0.15, 0.2) is 54.7 Å². The maximum Gasteiger partial charge on any atom is 0.328 e. The number of aromatic nitrogens is 1. The first-order valence-electron chi connectivity index (χ1n) is 7.78. The number of halogens is 1. The van der Waals surface area contributed by atoms with Crippen molar-refractivity contribution < 1.29 is 14.3 Å². The molecule has 128 valence electrons. The molecule has 2 N–H and O–H groups in total. The highest BCUT2D eigenvalue weighted by atomic mass is 127. The first-order valence-corrected chi connectivity index (χ1v) is 8.86. The third-order valence-corrected chi connectivity index (χ3v) is 4.95. The topological polar surface area (TPSA) is 71.2 Å². The molecule has 2 aromatic carbocycles. The van der Waals surface area contributed by atoms with Crippen LogP contribution in [0.25, 0.3) is 10.9 Å². The zero-order chi connectivity index (χ0) is 17.8. The van der Waals surface area contributed by atoms with Gasteiger partial charge >= 0.3 is 5.97 Å². The van der Waals surface area contributed by atoms with Crippen molar-refractivity contribution in [2.75, 3.05) is 7.11 Å². The van der Waals surface area contributed by atoms with Crippen LogP contribution in [0.4, 0.5) is 0 Å². The molecule has 0 saturated heterocycles. The zero-order valence-corrected chi connectivity index (χ0v) is 15.7. The number of para-hydroxylation sites is 1. The van der Waals surface area contributed by atoms with Crippen molar-refractivity contribution in [3.63, 3.8) is 0 Å². The minimum Gasteiger partial charge on any atom is -0.467 e. The second kappa shape index (κ2) is 7.69. The van der Waals surface area contributed by atoms with Crippen molar-refractivity contribution in [3.8, 4) is 0 Å². The van der Waals surface area contributed by atoms with E-state index in [0.717, 1.165) is 20.0 Å². The van der Waals surface area contributed by atoms with Gasteiger partial charge in [0.25, 0.3) is 5.91 Å². The normalized spacial score (nSPS) is 11.9. The number of fused-ring (bicyclic) bond motifs is 1. The predicted octanol–water partition coefficient (Wildman–Crippen LogP) is 3.29. The number of benzene rings is 2. The number of H-pyrrole nitrogens is 1. The third kappa shape index (κ3) is 3.84. The minimum atomic E-state index is -0.757. The van der Waals surface area contributed by atoms with E-state index in [0.29, 0.717) is 12.0 Å². The van der Waals surface area contributed by atoms with Crippen molar-refractivity contribution in [1.82, 2.24) is 10.3 Å². The van der Waals surface area contributed by atoms with Gasteiger partial charge in [0.1, 0.15) is 6.04 Å². The molecule has 1 atom stereocenters. The molecule has 1 aromatic heterocycles. The lowest BCUT2D eigenvalue weighted by atomic mass is 10.0. The van der Waals surface area contributed by atoms with Crippen molar-refractivity contribution >= 4 is 45.4 Å². The standard InChI is InChI=1S/C19H17IN2O3/c1-25-19(24)17(22-18(23)14-7-2-4-8-15(14)20)10-12-11-21-16-9-5-3-6-13(12)16/h2-9,11,17,21H,10H2,1H3,(H,22,23)/t17-/m1/s1. The van der Waals surface area contributed by atoms with Crippen molar-refractivity contribution in [2.24, 2.45) is 0 Å². The molecule has 3 rings (SSSR count). The molecule has 1 heterocycles. The summed E-state index contributed by atoms with van der Waals surface area (Å²) >= 11 is 2.10. The molecule has 6 heteroatoms. The van der Waals surface area contributed by atoms with Crippen LogP contribution in [-0.2, 0) is 16.0 Å². The average Bonchev–Trinajstić information content (AvgIpc) is 3.04. The van der Waals surface area contributed by atoms with Gasteiger partial charge in [-0.1, -0.05) is 30.3 Å². The molecule has 0 spiro atoms. The SMILES string of the molecule is COC(=O)[C@@H](Cc1c[nH]c2ccccc12)NC(=O)c1ccccc1I. The molecule has 0 aliphatic rings. The first-order chi connectivity index (χ1) is 12.1. The van der Waals surface area contributed by atoms with Gasteiger partial charge in [-0.05, 0) is 46.4 Å². The van der Waals surface area contributed by atoms with E-state index in [1.807, 2.05) is 42.6 Å². The van der Waals surface area contributed by atoms with Gasteiger partial charge in [-0.3, -0.25) is 4.79 Å². The number of hydrogen-bond acceptors (Lipinski definition) is 3. The summed E-state index contributed by atoms with van der Waals surface area (Å²) < 4.78 is 5.70. The van der Waals surface area contributed by atoms with Crippen LogP contribution < -0.4 is 5.32 Å². The Morgan fingerprint density at radius 1 is 1.16 bits per heavy atom. The van der Waals surface area contributed by atoms with Crippen LogP contribution in [0.2, 0.25) is 0 Å². The number of nitrogens with one attached hydrogen (secondary N) is 2. The van der Waals surface area contributed by atoms with Gasteiger partial charge in [-0.25, -0.2) is 4.79 Å². The van der Waals surface area contributed by atoms with E-state index in [1.165, 1.54) is 7.11 Å². The molecule has 0 aliphatic carbocycles. The molecule has 3 aromatic rings. The first kappa shape index (κ1) is 17.5. The summed E-state index contributed by atoms with van der Waals surface area (Å²) in [7, 11) is 1.32. The second-order valence-electron chi connectivity index (χ2n) is 5.59. The molecule has 25 heavy (non-hydrogen) atoms. The number of amides is 1. The highest BCUT2D eigenvalue weighted by Crippen LogP contribution is 2.20. The summed E-state index contributed by atoms with van der Waals surface area (Å²) in [6.07, 6.45) is 2.21. The average molecular weight is 448 g/mol. The summed E-state index contributed by atoms with van der Waals surface area (Å²) in [4.78, 5) is 27.9. The van der Waals surface area contributed by atoms with Gasteiger partial charge in [0, 0.05) is 27.1 Å². The number of hydrogen-bond donors (Lipinski definition) is 2. The molecule has 0 unspecified atom stereocenters. The largest absolute Gasteiger partial charge is 0.467 e. The molecule has 0 fully saturated rings. The Morgan fingerprint density at radius 3 is 2.64 bits per heavy atom. The quantitative estimate of drug-likeness (QED) is 0.465. The van der Waals surface area contributed by atoms with E-state index in [1.54, 1.807) is 12.1 Å². The van der Waals surface area contributed by atoms with E-state index < -0.39 is 12.0 Å². The lowest BCUT2D eigenvalue weighted by molar-refractivity contribution is -0.142. The molecule has 0 aliphatic heterocycles. The van der Waals surface area contributed by atoms with Gasteiger partial charge in [0.05, 0.1) is 12.7 Å². The van der Waals surface area contributed by atoms with Gasteiger partial charge in [0.15, 0.2) is 0 Å². The van der Waals surface area contributed by atoms with Crippen molar-refractivity contribution in [1.29, 1.82) is 0 Å². The van der Waals surface area contributed by atoms with E-state index in [9.17, 15) is 9.59 Å². The second-order valence-corrected chi connectivity index (χ2v) is 6.75. The Kier molecular flexibility index (Phi) is 5.37. The summed E-state index contributed by atoms with van der Waals surface area (Å²) in [5.41, 5.74) is 2.48. The summed E-state index contributed by atoms with van der Waals surface area (Å²) in [5.74, 6) is -0.759. The van der Waals surface area contributed by atoms with Gasteiger partial charge in [0.2, 0.25) is 0 Å². The Balaban J connectivity index is 1.84. The third-order valence-electron chi connectivity index (χ3n) is 4.01. The van der Waals surface area contributed by atoms with E-state index >= 15 is 0 Å². The Bertz CT molecular complexity index is 920. The molecule has 1 amide bonds. The van der Waals surface area contributed by atoms with Crippen LogP contribution in [-0.4, -0.2) is 30.0 Å². The summed E-state index contributed by atoms with van der Waals surface area (Å²) in [5, 5.41) is 3.82. The Morgan fingerprint density at radius 2 is 1.88 bits per heavy atom. The maximum atomic E-state index is 12.6. The fourth-order valence-corrected chi connectivity index (χ4v) is 3.37. The van der Waals surface area contributed by atoms with Gasteiger partial charge < -0.3 is 15.0 Å². The Labute approximate surface area is 158 Å². The lowest BCUT2D eigenvalue weighted by Crippen LogP contribution is -2.43. The van der Waals surface area contributed by atoms with Crippen LogP contribution in [0.1, 0.15) is 15.9 Å². The van der Waals surface area contributed by atoms with Gasteiger partial charge in [-0.15, -0.1) is 0 Å². The predicted molar refractivity (Wildman–Crippen MR) is 104 cm³/mol. The van der Waals surface area contributed by atoms with Crippen LogP contribution in [0.3, 0.4) is 0 Å². The highest BCUT2D eigenvalue weighted by Gasteiger charge is 2.24. The molecular formula is C19H17IN2O3. The number of esters is 1.